The number of H-pyrrole nitrogens is 1. The maximum atomic E-state index is 10.6. The normalized spacial score (nSPS) is 10.9. The Labute approximate surface area is 85.0 Å². The van der Waals surface area contributed by atoms with Crippen LogP contribution in [0, 0.1) is 0 Å². The van der Waals surface area contributed by atoms with Crippen molar-refractivity contribution in [1.29, 1.82) is 0 Å². The van der Waals surface area contributed by atoms with Crippen molar-refractivity contribution in [2.75, 3.05) is 0 Å². The van der Waals surface area contributed by atoms with Gasteiger partial charge in [0, 0.05) is 5.39 Å². The number of imidazole rings is 1. The zero-order chi connectivity index (χ0) is 10.3. The molecule has 0 radical (unpaired) electrons. The van der Waals surface area contributed by atoms with Crippen LogP contribution in [0.15, 0.2) is 30.5 Å². The van der Waals surface area contributed by atoms with E-state index in [9.17, 15) is 4.79 Å². The molecule has 1 N–H and O–H groups in total. The summed E-state index contributed by atoms with van der Waals surface area (Å²) < 4.78 is 0. The SMILES string of the molecule is O=Cc1nc2c(cnc3ccccc32)[nH]1. The average molecular weight is 197 g/mol. The number of carbonyl (C=O) groups is 1. The fourth-order valence-corrected chi connectivity index (χ4v) is 1.68. The number of fused-ring (bicyclic) bond motifs is 3. The molecule has 4 nitrogen and oxygen atoms in total. The lowest BCUT2D eigenvalue weighted by Crippen LogP contribution is -1.79. The van der Waals surface area contributed by atoms with Gasteiger partial charge in [-0.15, -0.1) is 0 Å². The lowest BCUT2D eigenvalue weighted by molar-refractivity contribution is 0.111. The summed E-state index contributed by atoms with van der Waals surface area (Å²) in [5, 5.41) is 0.958. The second kappa shape index (κ2) is 2.88. The van der Waals surface area contributed by atoms with Crippen molar-refractivity contribution in [1.82, 2.24) is 15.0 Å². The predicted octanol–water partition coefficient (Wildman–Crippen LogP) is 1.92. The van der Waals surface area contributed by atoms with Gasteiger partial charge in [-0.25, -0.2) is 4.98 Å². The summed E-state index contributed by atoms with van der Waals surface area (Å²) in [4.78, 5) is 22.0. The Balaban J connectivity index is 2.52. The summed E-state index contributed by atoms with van der Waals surface area (Å²) in [7, 11) is 0. The van der Waals surface area contributed by atoms with E-state index in [4.69, 9.17) is 0 Å². The summed E-state index contributed by atoms with van der Waals surface area (Å²) in [5.74, 6) is 0.336. The first-order valence-corrected chi connectivity index (χ1v) is 4.57. The van der Waals surface area contributed by atoms with Gasteiger partial charge in [-0.05, 0) is 6.07 Å². The molecule has 3 rings (SSSR count). The fourth-order valence-electron chi connectivity index (χ4n) is 1.68. The number of para-hydroxylation sites is 1. The fraction of sp³-hybridized carbons (Fsp3) is 0. The van der Waals surface area contributed by atoms with Gasteiger partial charge in [-0.3, -0.25) is 9.78 Å². The second-order valence-electron chi connectivity index (χ2n) is 3.28. The molecule has 0 aliphatic carbocycles. The third kappa shape index (κ3) is 1.11. The van der Waals surface area contributed by atoms with Crippen molar-refractivity contribution in [2.24, 2.45) is 0 Å². The second-order valence-corrected chi connectivity index (χ2v) is 3.28. The highest BCUT2D eigenvalue weighted by Gasteiger charge is 2.05. The molecule has 0 aliphatic heterocycles. The van der Waals surface area contributed by atoms with Gasteiger partial charge in [0.2, 0.25) is 0 Å². The molecule has 3 aromatic rings. The molecule has 0 saturated carbocycles. The summed E-state index contributed by atoms with van der Waals surface area (Å²) >= 11 is 0. The Morgan fingerprint density at radius 3 is 3.00 bits per heavy atom. The maximum absolute atomic E-state index is 10.6. The maximum Gasteiger partial charge on any atom is 0.185 e. The van der Waals surface area contributed by atoms with Gasteiger partial charge in [-0.1, -0.05) is 18.2 Å². The first-order valence-electron chi connectivity index (χ1n) is 4.57. The molecule has 0 spiro atoms. The molecule has 72 valence electrons. The number of aromatic amines is 1. The number of carbonyl (C=O) groups excluding carboxylic acids is 1. The number of rotatable bonds is 1. The third-order valence-electron chi connectivity index (χ3n) is 2.35. The van der Waals surface area contributed by atoms with Gasteiger partial charge >= 0.3 is 0 Å². The highest BCUT2D eigenvalue weighted by molar-refractivity contribution is 6.02. The summed E-state index contributed by atoms with van der Waals surface area (Å²) in [6, 6.07) is 7.72. The minimum atomic E-state index is 0.336. The van der Waals surface area contributed by atoms with Gasteiger partial charge in [0.15, 0.2) is 12.1 Å². The largest absolute Gasteiger partial charge is 0.334 e. The number of nitrogens with zero attached hydrogens (tertiary/aromatic N) is 2. The van der Waals surface area contributed by atoms with Crippen LogP contribution in [0.5, 0.6) is 0 Å². The van der Waals surface area contributed by atoms with Crippen LogP contribution in [-0.2, 0) is 0 Å². The molecule has 0 bridgehead atoms. The first-order chi connectivity index (χ1) is 7.38. The van der Waals surface area contributed by atoms with E-state index in [0.29, 0.717) is 12.1 Å². The predicted molar refractivity (Wildman–Crippen MR) is 56.8 cm³/mol. The topological polar surface area (TPSA) is 58.6 Å². The van der Waals surface area contributed by atoms with Gasteiger partial charge in [0.05, 0.1) is 17.2 Å². The number of aldehydes is 1. The van der Waals surface area contributed by atoms with E-state index in [1.165, 1.54) is 0 Å². The molecule has 2 aromatic heterocycles. The molecule has 0 amide bonds. The van der Waals surface area contributed by atoms with E-state index >= 15 is 0 Å². The smallest absolute Gasteiger partial charge is 0.185 e. The zero-order valence-electron chi connectivity index (χ0n) is 7.77. The first kappa shape index (κ1) is 8.11. The van der Waals surface area contributed by atoms with Crippen LogP contribution in [0.25, 0.3) is 21.9 Å². The molecule has 0 aliphatic rings. The van der Waals surface area contributed by atoms with E-state index in [-0.39, 0.29) is 0 Å². The van der Waals surface area contributed by atoms with Crippen molar-refractivity contribution in [3.63, 3.8) is 0 Å². The van der Waals surface area contributed by atoms with Crippen molar-refractivity contribution >= 4 is 28.2 Å². The number of pyridine rings is 1. The molecule has 0 fully saturated rings. The van der Waals surface area contributed by atoms with Crippen LogP contribution < -0.4 is 0 Å². The van der Waals surface area contributed by atoms with E-state index in [1.54, 1.807) is 6.20 Å². The van der Waals surface area contributed by atoms with Crippen LogP contribution in [0.4, 0.5) is 0 Å². The Morgan fingerprint density at radius 2 is 2.13 bits per heavy atom. The molecule has 15 heavy (non-hydrogen) atoms. The van der Waals surface area contributed by atoms with Gasteiger partial charge < -0.3 is 4.98 Å². The van der Waals surface area contributed by atoms with Crippen LogP contribution in [0.2, 0.25) is 0 Å². The molecular weight excluding hydrogens is 190 g/mol. The Morgan fingerprint density at radius 1 is 1.27 bits per heavy atom. The van der Waals surface area contributed by atoms with E-state index in [0.717, 1.165) is 21.9 Å². The van der Waals surface area contributed by atoms with Gasteiger partial charge in [-0.2, -0.15) is 0 Å². The lowest BCUT2D eigenvalue weighted by Gasteiger charge is -1.95. The molecule has 0 unspecified atom stereocenters. The summed E-state index contributed by atoms with van der Waals surface area (Å²) in [6.45, 7) is 0. The number of hydrogen-bond acceptors (Lipinski definition) is 3. The Bertz CT molecular complexity index is 657. The van der Waals surface area contributed by atoms with Crippen molar-refractivity contribution in [3.05, 3.63) is 36.3 Å². The highest BCUT2D eigenvalue weighted by Crippen LogP contribution is 2.20. The van der Waals surface area contributed by atoms with Crippen LogP contribution in [-0.4, -0.2) is 21.2 Å². The van der Waals surface area contributed by atoms with Crippen LogP contribution in [0.1, 0.15) is 10.6 Å². The monoisotopic (exact) mass is 197 g/mol. The molecule has 1 aromatic carbocycles. The molecule has 0 saturated heterocycles. The van der Waals surface area contributed by atoms with E-state index in [1.807, 2.05) is 24.3 Å². The number of aromatic nitrogens is 3. The third-order valence-corrected chi connectivity index (χ3v) is 2.35. The van der Waals surface area contributed by atoms with Gasteiger partial charge in [0.1, 0.15) is 5.52 Å². The molecule has 2 heterocycles. The van der Waals surface area contributed by atoms with Gasteiger partial charge in [0.25, 0.3) is 0 Å². The number of benzene rings is 1. The van der Waals surface area contributed by atoms with Crippen LogP contribution in [0.3, 0.4) is 0 Å². The number of nitrogens with one attached hydrogen (secondary N) is 1. The molecule has 4 heteroatoms. The minimum absolute atomic E-state index is 0.336. The minimum Gasteiger partial charge on any atom is -0.334 e. The Kier molecular flexibility index (Phi) is 1.56. The van der Waals surface area contributed by atoms with Crippen molar-refractivity contribution in [3.8, 4) is 0 Å². The molecule has 0 atom stereocenters. The summed E-state index contributed by atoms with van der Waals surface area (Å²) in [6.07, 6.45) is 2.40. The highest BCUT2D eigenvalue weighted by atomic mass is 16.1. The standard InChI is InChI=1S/C11H7N3O/c15-6-10-13-9-5-12-8-4-2-1-3-7(8)11(9)14-10/h1-6H,(H,13,14). The number of hydrogen-bond donors (Lipinski definition) is 1. The van der Waals surface area contributed by atoms with Crippen molar-refractivity contribution in [2.45, 2.75) is 0 Å². The van der Waals surface area contributed by atoms with Crippen molar-refractivity contribution < 1.29 is 4.79 Å². The van der Waals surface area contributed by atoms with E-state index in [2.05, 4.69) is 15.0 Å². The lowest BCUT2D eigenvalue weighted by atomic mass is 10.2. The quantitative estimate of drug-likeness (QED) is 0.606. The van der Waals surface area contributed by atoms with Crippen LogP contribution >= 0.6 is 0 Å². The van der Waals surface area contributed by atoms with E-state index < -0.39 is 0 Å². The Hall–Kier alpha value is -2.23. The average Bonchev–Trinajstić information content (AvgIpc) is 2.72. The molecular formula is C11H7N3O. The zero-order valence-corrected chi connectivity index (χ0v) is 7.77. The summed E-state index contributed by atoms with van der Waals surface area (Å²) in [5.41, 5.74) is 2.47.